The first-order valence-corrected chi connectivity index (χ1v) is 7.87. The van der Waals surface area contributed by atoms with E-state index >= 15 is 0 Å². The van der Waals surface area contributed by atoms with E-state index in [9.17, 15) is 15.0 Å². The van der Waals surface area contributed by atoms with Crippen molar-refractivity contribution in [2.24, 2.45) is 5.10 Å². The van der Waals surface area contributed by atoms with Crippen LogP contribution in [0.15, 0.2) is 65.8 Å². The summed E-state index contributed by atoms with van der Waals surface area (Å²) in [4.78, 5) is 12.2. The molecule has 3 rings (SSSR count). The molecular weight excluding hydrogens is 316 g/mol. The van der Waals surface area contributed by atoms with Crippen LogP contribution in [0.5, 0.6) is 11.5 Å². The Kier molecular flexibility index (Phi) is 4.66. The lowest BCUT2D eigenvalue weighted by Gasteiger charge is -2.07. The van der Waals surface area contributed by atoms with Gasteiger partial charge in [-0.2, -0.15) is 5.10 Å². The minimum atomic E-state index is -0.242. The third-order valence-electron chi connectivity index (χ3n) is 3.95. The van der Waals surface area contributed by atoms with Gasteiger partial charge in [0.25, 0.3) is 0 Å². The van der Waals surface area contributed by atoms with Gasteiger partial charge in [0.15, 0.2) is 0 Å². The molecular formula is C20H18N2O3. The largest absolute Gasteiger partial charge is 0.508 e. The number of phenols is 2. The van der Waals surface area contributed by atoms with Crippen LogP contribution in [-0.2, 0) is 11.2 Å². The summed E-state index contributed by atoms with van der Waals surface area (Å²) >= 11 is 0. The van der Waals surface area contributed by atoms with Crippen molar-refractivity contribution in [2.45, 2.75) is 13.3 Å². The maximum absolute atomic E-state index is 12.2. The van der Waals surface area contributed by atoms with Crippen LogP contribution in [0.4, 0.5) is 0 Å². The number of hydrazone groups is 1. The number of hydrogen-bond acceptors (Lipinski definition) is 4. The standard InChI is InChI=1S/C20H18N2O3/c1-13(17-10-9-16(23)12-19(17)24)21-22-20(25)11-15-7-4-6-14-5-2-3-8-18(14)15/h2-10,12,23-24H,11H2,1H3,(H,22,25). The molecule has 25 heavy (non-hydrogen) atoms. The van der Waals surface area contributed by atoms with E-state index in [1.165, 1.54) is 12.1 Å². The van der Waals surface area contributed by atoms with Crippen LogP contribution in [0, 0.1) is 0 Å². The molecule has 0 bridgehead atoms. The number of amides is 1. The van der Waals surface area contributed by atoms with Gasteiger partial charge in [-0.15, -0.1) is 0 Å². The molecule has 0 aliphatic rings. The summed E-state index contributed by atoms with van der Waals surface area (Å²) in [5, 5.41) is 25.3. The average Bonchev–Trinajstić information content (AvgIpc) is 2.60. The molecule has 0 aliphatic carbocycles. The van der Waals surface area contributed by atoms with E-state index in [4.69, 9.17) is 0 Å². The first-order valence-electron chi connectivity index (χ1n) is 7.87. The monoisotopic (exact) mass is 334 g/mol. The number of nitrogens with zero attached hydrogens (tertiary/aromatic N) is 1. The van der Waals surface area contributed by atoms with Gasteiger partial charge < -0.3 is 10.2 Å². The van der Waals surface area contributed by atoms with E-state index in [-0.39, 0.29) is 23.8 Å². The molecule has 0 aromatic heterocycles. The topological polar surface area (TPSA) is 81.9 Å². The molecule has 5 heteroatoms. The smallest absolute Gasteiger partial charge is 0.244 e. The highest BCUT2D eigenvalue weighted by molar-refractivity contribution is 6.01. The molecule has 0 atom stereocenters. The molecule has 0 saturated heterocycles. The van der Waals surface area contributed by atoms with Gasteiger partial charge in [-0.1, -0.05) is 42.5 Å². The summed E-state index contributed by atoms with van der Waals surface area (Å²) in [5.41, 5.74) is 4.33. The Hall–Kier alpha value is -3.34. The third kappa shape index (κ3) is 3.77. The third-order valence-corrected chi connectivity index (χ3v) is 3.95. The second kappa shape index (κ2) is 7.05. The lowest BCUT2D eigenvalue weighted by Crippen LogP contribution is -2.21. The number of fused-ring (bicyclic) bond motifs is 1. The summed E-state index contributed by atoms with van der Waals surface area (Å²) in [6.45, 7) is 1.67. The summed E-state index contributed by atoms with van der Waals surface area (Å²) in [5.74, 6) is -0.368. The van der Waals surface area contributed by atoms with Crippen LogP contribution in [0.2, 0.25) is 0 Å². The van der Waals surface area contributed by atoms with Crippen molar-refractivity contribution in [3.8, 4) is 11.5 Å². The number of nitrogens with one attached hydrogen (secondary N) is 1. The van der Waals surface area contributed by atoms with Crippen LogP contribution < -0.4 is 5.43 Å². The van der Waals surface area contributed by atoms with E-state index in [1.54, 1.807) is 13.0 Å². The molecule has 126 valence electrons. The zero-order valence-corrected chi connectivity index (χ0v) is 13.7. The molecule has 3 aromatic rings. The van der Waals surface area contributed by atoms with Gasteiger partial charge in [0.05, 0.1) is 12.1 Å². The quantitative estimate of drug-likeness (QED) is 0.505. The van der Waals surface area contributed by atoms with E-state index in [0.717, 1.165) is 16.3 Å². The lowest BCUT2D eigenvalue weighted by molar-refractivity contribution is -0.120. The first kappa shape index (κ1) is 16.5. The normalized spacial score (nSPS) is 11.5. The van der Waals surface area contributed by atoms with E-state index in [1.807, 2.05) is 42.5 Å². The maximum atomic E-state index is 12.2. The van der Waals surface area contributed by atoms with Crippen molar-refractivity contribution in [3.05, 3.63) is 71.8 Å². The first-order chi connectivity index (χ1) is 12.0. The highest BCUT2D eigenvalue weighted by Gasteiger charge is 2.08. The predicted octanol–water partition coefficient (Wildman–Crippen LogP) is 3.33. The van der Waals surface area contributed by atoms with Crippen molar-refractivity contribution in [1.29, 1.82) is 0 Å². The molecule has 0 saturated carbocycles. The molecule has 0 heterocycles. The number of carbonyl (C=O) groups excluding carboxylic acids is 1. The van der Waals surface area contributed by atoms with Crippen molar-refractivity contribution in [2.75, 3.05) is 0 Å². The number of hydrogen-bond donors (Lipinski definition) is 3. The van der Waals surface area contributed by atoms with Gasteiger partial charge in [-0.3, -0.25) is 4.79 Å². The Morgan fingerprint density at radius 1 is 1.04 bits per heavy atom. The fraction of sp³-hybridized carbons (Fsp3) is 0.100. The van der Waals surface area contributed by atoms with Crippen molar-refractivity contribution in [3.63, 3.8) is 0 Å². The summed E-state index contributed by atoms with van der Waals surface area (Å²) < 4.78 is 0. The maximum Gasteiger partial charge on any atom is 0.244 e. The molecule has 3 aromatic carbocycles. The molecule has 3 N–H and O–H groups in total. The number of phenolic OH excluding ortho intramolecular Hbond substituents is 2. The predicted molar refractivity (Wildman–Crippen MR) is 97.8 cm³/mol. The second-order valence-corrected chi connectivity index (χ2v) is 5.75. The van der Waals surface area contributed by atoms with Crippen LogP contribution in [0.25, 0.3) is 10.8 Å². The Labute approximate surface area is 145 Å². The van der Waals surface area contributed by atoms with Crippen molar-refractivity contribution < 1.29 is 15.0 Å². The molecule has 0 spiro atoms. The SMILES string of the molecule is CC(=NNC(=O)Cc1cccc2ccccc12)c1ccc(O)cc1O. The Bertz CT molecular complexity index is 959. The van der Waals surface area contributed by atoms with E-state index < -0.39 is 0 Å². The van der Waals surface area contributed by atoms with Crippen LogP contribution in [0.1, 0.15) is 18.1 Å². The van der Waals surface area contributed by atoms with Gasteiger partial charge in [0.1, 0.15) is 11.5 Å². The Morgan fingerprint density at radius 3 is 2.60 bits per heavy atom. The average molecular weight is 334 g/mol. The number of rotatable bonds is 4. The van der Waals surface area contributed by atoms with E-state index in [0.29, 0.717) is 11.3 Å². The summed E-state index contributed by atoms with van der Waals surface area (Å²) in [6, 6.07) is 18.0. The van der Waals surface area contributed by atoms with Crippen LogP contribution >= 0.6 is 0 Å². The van der Waals surface area contributed by atoms with Gasteiger partial charge in [0, 0.05) is 11.6 Å². The number of carbonyl (C=O) groups is 1. The highest BCUT2D eigenvalue weighted by atomic mass is 16.3. The van der Waals surface area contributed by atoms with Gasteiger partial charge in [-0.25, -0.2) is 5.43 Å². The fourth-order valence-electron chi connectivity index (χ4n) is 2.69. The van der Waals surface area contributed by atoms with Crippen molar-refractivity contribution >= 4 is 22.4 Å². The summed E-state index contributed by atoms with van der Waals surface area (Å²) in [7, 11) is 0. The van der Waals surface area contributed by atoms with Gasteiger partial charge in [0.2, 0.25) is 5.91 Å². The molecule has 0 fully saturated rings. The molecule has 0 aliphatic heterocycles. The zero-order chi connectivity index (χ0) is 17.8. The molecule has 0 unspecified atom stereocenters. The minimum Gasteiger partial charge on any atom is -0.508 e. The van der Waals surface area contributed by atoms with Gasteiger partial charge in [-0.05, 0) is 35.4 Å². The molecule has 5 nitrogen and oxygen atoms in total. The second-order valence-electron chi connectivity index (χ2n) is 5.75. The zero-order valence-electron chi connectivity index (χ0n) is 13.7. The number of benzene rings is 3. The Morgan fingerprint density at radius 2 is 1.80 bits per heavy atom. The van der Waals surface area contributed by atoms with Crippen molar-refractivity contribution in [1.82, 2.24) is 5.43 Å². The highest BCUT2D eigenvalue weighted by Crippen LogP contribution is 2.23. The minimum absolute atomic E-state index is 0.0333. The number of aromatic hydroxyl groups is 2. The molecule has 1 amide bonds. The Balaban J connectivity index is 1.74. The van der Waals surface area contributed by atoms with Crippen LogP contribution in [0.3, 0.4) is 0 Å². The lowest BCUT2D eigenvalue weighted by atomic mass is 10.0. The molecule has 0 radical (unpaired) electrons. The van der Waals surface area contributed by atoms with E-state index in [2.05, 4.69) is 10.5 Å². The fourth-order valence-corrected chi connectivity index (χ4v) is 2.69. The summed E-state index contributed by atoms with van der Waals surface area (Å²) in [6.07, 6.45) is 0.208. The van der Waals surface area contributed by atoms with Crippen LogP contribution in [-0.4, -0.2) is 21.8 Å². The van der Waals surface area contributed by atoms with Gasteiger partial charge >= 0.3 is 0 Å².